The fraction of sp³-hybridized carbons (Fsp3) is 0.143. The second-order valence-corrected chi connectivity index (χ2v) is 4.60. The van der Waals surface area contributed by atoms with Crippen molar-refractivity contribution in [3.63, 3.8) is 0 Å². The number of rotatable bonds is 0. The normalized spacial score (nSPS) is 10.8. The summed E-state index contributed by atoms with van der Waals surface area (Å²) in [6, 6.07) is 0. The molecule has 0 bridgehead atoms. The van der Waals surface area contributed by atoms with E-state index in [4.69, 9.17) is 5.73 Å². The zero-order valence-corrected chi connectivity index (χ0v) is 9.31. The molecule has 12 heavy (non-hydrogen) atoms. The zero-order valence-electron chi connectivity index (χ0n) is 6.34. The minimum atomic E-state index is 0.765. The van der Waals surface area contributed by atoms with E-state index < -0.39 is 0 Å². The molecule has 2 rings (SSSR count). The molecule has 0 aliphatic heterocycles. The van der Waals surface area contributed by atoms with Crippen LogP contribution in [0.1, 0.15) is 4.88 Å². The molecule has 2 aromatic heterocycles. The van der Waals surface area contributed by atoms with E-state index in [2.05, 4.69) is 32.6 Å². The molecule has 5 heteroatoms. The van der Waals surface area contributed by atoms with E-state index in [0.717, 1.165) is 24.6 Å². The van der Waals surface area contributed by atoms with Gasteiger partial charge < -0.3 is 5.73 Å². The van der Waals surface area contributed by atoms with Gasteiger partial charge in [0.1, 0.15) is 4.83 Å². The highest BCUT2D eigenvalue weighted by atomic mass is 127. The minimum Gasteiger partial charge on any atom is -0.397 e. The summed E-state index contributed by atoms with van der Waals surface area (Å²) >= 11 is 3.70. The van der Waals surface area contributed by atoms with Gasteiger partial charge in [-0.15, -0.1) is 11.3 Å². The number of anilines is 1. The lowest BCUT2D eigenvalue weighted by Gasteiger charge is -1.90. The van der Waals surface area contributed by atoms with E-state index >= 15 is 0 Å². The summed E-state index contributed by atoms with van der Waals surface area (Å²) in [5.41, 5.74) is 6.63. The number of fused-ring (bicyclic) bond motifs is 1. The number of nitrogen functional groups attached to an aromatic ring is 1. The summed E-state index contributed by atoms with van der Waals surface area (Å²) in [5.74, 6) is 0. The van der Waals surface area contributed by atoms with Gasteiger partial charge in [0, 0.05) is 33.7 Å². The van der Waals surface area contributed by atoms with Gasteiger partial charge in [-0.2, -0.15) is 0 Å². The molecule has 2 N–H and O–H groups in total. The lowest BCUT2D eigenvalue weighted by molar-refractivity contribution is 1.16. The second-order valence-electron chi connectivity index (χ2n) is 2.43. The SMILES string of the molecule is Cc1sc2nc(I)ncc2c1N. The van der Waals surface area contributed by atoms with Gasteiger partial charge in [-0.05, 0) is 6.92 Å². The quantitative estimate of drug-likeness (QED) is 0.598. The van der Waals surface area contributed by atoms with E-state index in [1.807, 2.05) is 6.92 Å². The summed E-state index contributed by atoms with van der Waals surface area (Å²) in [4.78, 5) is 10.4. The maximum Gasteiger partial charge on any atom is 0.192 e. The molecule has 0 fully saturated rings. The predicted octanol–water partition coefficient (Wildman–Crippen LogP) is 2.19. The van der Waals surface area contributed by atoms with Crippen molar-refractivity contribution >= 4 is 49.8 Å². The van der Waals surface area contributed by atoms with Crippen molar-refractivity contribution < 1.29 is 0 Å². The first kappa shape index (κ1) is 8.18. The van der Waals surface area contributed by atoms with Crippen LogP contribution < -0.4 is 5.73 Å². The number of aromatic nitrogens is 2. The highest BCUT2D eigenvalue weighted by Gasteiger charge is 2.06. The molecule has 0 aromatic carbocycles. The van der Waals surface area contributed by atoms with Crippen LogP contribution in [0.4, 0.5) is 5.69 Å². The lowest BCUT2D eigenvalue weighted by Crippen LogP contribution is -1.87. The monoisotopic (exact) mass is 291 g/mol. The molecule has 0 radical (unpaired) electrons. The molecule has 0 amide bonds. The van der Waals surface area contributed by atoms with Crippen molar-refractivity contribution in [3.05, 3.63) is 14.9 Å². The number of nitrogens with two attached hydrogens (primary N) is 1. The van der Waals surface area contributed by atoms with Crippen LogP contribution in [-0.2, 0) is 0 Å². The number of hydrogen-bond donors (Lipinski definition) is 1. The van der Waals surface area contributed by atoms with Crippen molar-refractivity contribution in [3.8, 4) is 0 Å². The van der Waals surface area contributed by atoms with Gasteiger partial charge in [-0.25, -0.2) is 9.97 Å². The molecule has 0 saturated carbocycles. The molecule has 0 atom stereocenters. The fourth-order valence-corrected chi connectivity index (χ4v) is 2.46. The van der Waals surface area contributed by atoms with Crippen LogP contribution in [0.25, 0.3) is 10.2 Å². The Hall–Kier alpha value is -0.430. The van der Waals surface area contributed by atoms with E-state index in [1.54, 1.807) is 17.5 Å². The summed E-state index contributed by atoms with van der Waals surface area (Å²) in [6.45, 7) is 1.99. The number of halogens is 1. The van der Waals surface area contributed by atoms with Crippen molar-refractivity contribution in [1.82, 2.24) is 9.97 Å². The largest absolute Gasteiger partial charge is 0.397 e. The van der Waals surface area contributed by atoms with Gasteiger partial charge in [0.15, 0.2) is 3.83 Å². The van der Waals surface area contributed by atoms with Gasteiger partial charge in [0.25, 0.3) is 0 Å². The maximum absolute atomic E-state index is 5.82. The molecule has 3 nitrogen and oxygen atoms in total. The number of hydrogen-bond acceptors (Lipinski definition) is 4. The van der Waals surface area contributed by atoms with Crippen LogP contribution in [0, 0.1) is 10.8 Å². The first-order valence-corrected chi connectivity index (χ1v) is 5.25. The highest BCUT2D eigenvalue weighted by Crippen LogP contribution is 2.30. The summed E-state index contributed by atoms with van der Waals surface area (Å²) < 4.78 is 0.765. The maximum atomic E-state index is 5.82. The molecule has 0 aliphatic carbocycles. The standard InChI is InChI=1S/C7H6IN3S/c1-3-5(9)4-2-10-7(8)11-6(4)12-3/h2H,9H2,1H3. The Labute approximate surface area is 87.2 Å². The average molecular weight is 291 g/mol. The molecule has 2 aromatic rings. The fourth-order valence-electron chi connectivity index (χ4n) is 0.998. The molecular formula is C7H6IN3S. The number of nitrogens with zero attached hydrogens (tertiary/aromatic N) is 2. The zero-order chi connectivity index (χ0) is 8.72. The first-order valence-electron chi connectivity index (χ1n) is 3.35. The minimum absolute atomic E-state index is 0.765. The Balaban J connectivity index is 2.87. The highest BCUT2D eigenvalue weighted by molar-refractivity contribution is 14.1. The van der Waals surface area contributed by atoms with Crippen molar-refractivity contribution in [1.29, 1.82) is 0 Å². The van der Waals surface area contributed by atoms with Crippen LogP contribution in [0.3, 0.4) is 0 Å². The third kappa shape index (κ3) is 1.16. The van der Waals surface area contributed by atoms with Crippen LogP contribution in [0.5, 0.6) is 0 Å². The van der Waals surface area contributed by atoms with Gasteiger partial charge in [0.05, 0.1) is 11.1 Å². The van der Waals surface area contributed by atoms with Crippen LogP contribution in [-0.4, -0.2) is 9.97 Å². The second kappa shape index (κ2) is 2.81. The predicted molar refractivity (Wildman–Crippen MR) is 59.3 cm³/mol. The van der Waals surface area contributed by atoms with Gasteiger partial charge in [-0.3, -0.25) is 0 Å². The molecular weight excluding hydrogens is 285 g/mol. The van der Waals surface area contributed by atoms with Gasteiger partial charge >= 0.3 is 0 Å². The summed E-state index contributed by atoms with van der Waals surface area (Å²) in [6.07, 6.45) is 1.78. The number of aryl methyl sites for hydroxylation is 1. The Kier molecular flexibility index (Phi) is 1.91. The summed E-state index contributed by atoms with van der Waals surface area (Å²) in [7, 11) is 0. The van der Waals surface area contributed by atoms with E-state index in [-0.39, 0.29) is 0 Å². The Morgan fingerprint density at radius 3 is 3.08 bits per heavy atom. The smallest absolute Gasteiger partial charge is 0.192 e. The van der Waals surface area contributed by atoms with E-state index in [1.165, 1.54) is 0 Å². The molecule has 0 unspecified atom stereocenters. The molecule has 0 spiro atoms. The summed E-state index contributed by atoms with van der Waals surface area (Å²) in [5, 5.41) is 0.970. The van der Waals surface area contributed by atoms with E-state index in [9.17, 15) is 0 Å². The topological polar surface area (TPSA) is 51.8 Å². The Morgan fingerprint density at radius 2 is 2.33 bits per heavy atom. The molecule has 0 saturated heterocycles. The Morgan fingerprint density at radius 1 is 1.58 bits per heavy atom. The van der Waals surface area contributed by atoms with Crippen LogP contribution in [0.2, 0.25) is 0 Å². The molecule has 62 valence electrons. The van der Waals surface area contributed by atoms with Crippen molar-refractivity contribution in [2.24, 2.45) is 0 Å². The molecule has 2 heterocycles. The third-order valence-corrected chi connectivity index (χ3v) is 3.19. The van der Waals surface area contributed by atoms with Crippen molar-refractivity contribution in [2.45, 2.75) is 6.92 Å². The first-order chi connectivity index (χ1) is 5.68. The van der Waals surface area contributed by atoms with Crippen molar-refractivity contribution in [2.75, 3.05) is 5.73 Å². The third-order valence-electron chi connectivity index (χ3n) is 1.64. The Bertz CT molecular complexity index is 437. The van der Waals surface area contributed by atoms with Crippen LogP contribution in [0.15, 0.2) is 6.20 Å². The van der Waals surface area contributed by atoms with Crippen LogP contribution >= 0.6 is 33.9 Å². The van der Waals surface area contributed by atoms with Gasteiger partial charge in [-0.1, -0.05) is 0 Å². The number of thiophene rings is 1. The van der Waals surface area contributed by atoms with E-state index in [0.29, 0.717) is 0 Å². The lowest BCUT2D eigenvalue weighted by atomic mass is 10.3. The van der Waals surface area contributed by atoms with Gasteiger partial charge in [0.2, 0.25) is 0 Å². The molecule has 0 aliphatic rings. The average Bonchev–Trinajstić information content (AvgIpc) is 2.28.